The minimum Gasteiger partial charge on any atom is -0.487 e. The summed E-state index contributed by atoms with van der Waals surface area (Å²) in [6, 6.07) is 11.3. The summed E-state index contributed by atoms with van der Waals surface area (Å²) in [5.41, 5.74) is 9.82. The second-order valence-electron chi connectivity index (χ2n) is 6.33. The van der Waals surface area contributed by atoms with Gasteiger partial charge in [-0.1, -0.05) is 5.92 Å². The van der Waals surface area contributed by atoms with Gasteiger partial charge in [0.1, 0.15) is 19.4 Å². The molecule has 1 aliphatic rings. The van der Waals surface area contributed by atoms with Crippen LogP contribution in [0.1, 0.15) is 17.3 Å². The second kappa shape index (κ2) is 9.94. The number of hydrogen-bond acceptors (Lipinski definition) is 7. The van der Waals surface area contributed by atoms with Gasteiger partial charge < -0.3 is 29.6 Å². The summed E-state index contributed by atoms with van der Waals surface area (Å²) in [5.74, 6) is 3.79. The number of anilines is 1. The number of aliphatic imine (C=N–C) groups is 1. The van der Waals surface area contributed by atoms with E-state index in [0.717, 1.165) is 22.5 Å². The number of fused-ring (bicyclic) bond motifs is 1. The topological polar surface area (TPSA) is 78.5 Å². The summed E-state index contributed by atoms with van der Waals surface area (Å²) in [6.45, 7) is 1.73. The first-order valence-electron chi connectivity index (χ1n) is 9.24. The highest BCUT2D eigenvalue weighted by molar-refractivity contribution is 5.86. The summed E-state index contributed by atoms with van der Waals surface area (Å²) in [6.07, 6.45) is 6.71. The van der Waals surface area contributed by atoms with Crippen LogP contribution in [0.25, 0.3) is 0 Å². The maximum absolute atomic E-state index is 6.54. The zero-order valence-corrected chi connectivity index (χ0v) is 16.6. The third-order valence-electron chi connectivity index (χ3n) is 4.45. The highest BCUT2D eigenvalue weighted by Crippen LogP contribution is 2.41. The minimum atomic E-state index is -0.433. The fraction of sp³-hybridized carbons (Fsp3) is 0.318. The molecular formula is C22H25N3O4. The molecule has 1 unspecified atom stereocenters. The summed E-state index contributed by atoms with van der Waals surface area (Å²) in [7, 11) is 3.25. The number of methoxy groups -OCH3 is 2. The highest BCUT2D eigenvalue weighted by atomic mass is 16.5. The van der Waals surface area contributed by atoms with Gasteiger partial charge in [0.15, 0.2) is 11.5 Å². The van der Waals surface area contributed by atoms with Crippen molar-refractivity contribution < 1.29 is 18.9 Å². The van der Waals surface area contributed by atoms with E-state index in [1.54, 1.807) is 20.6 Å². The molecule has 0 fully saturated rings. The molecule has 0 amide bonds. The van der Waals surface area contributed by atoms with Gasteiger partial charge >= 0.3 is 0 Å². The fourth-order valence-corrected chi connectivity index (χ4v) is 2.91. The van der Waals surface area contributed by atoms with E-state index in [1.807, 2.05) is 41.3 Å². The van der Waals surface area contributed by atoms with Gasteiger partial charge in [0.2, 0.25) is 0 Å². The number of rotatable bonds is 9. The summed E-state index contributed by atoms with van der Waals surface area (Å²) in [5, 5.41) is 0. The number of terminal acetylenes is 1. The molecule has 0 saturated heterocycles. The minimum absolute atomic E-state index is 0.395. The average Bonchev–Trinajstić information content (AvgIpc) is 2.75. The van der Waals surface area contributed by atoms with Gasteiger partial charge in [-0.25, -0.2) is 4.99 Å². The standard InChI is InChI=1S/C22H25N3O4/c1-4-16-5-7-17(8-6-16)25-15-24-19-14-21(29-12-10-27-3)20(28-11-9-26-2)13-18(19)22(25)23/h1,5-8,13-15,22H,9-12,23H2,2-3H3. The van der Waals surface area contributed by atoms with E-state index in [0.29, 0.717) is 37.9 Å². The lowest BCUT2D eigenvalue weighted by Crippen LogP contribution is -2.35. The van der Waals surface area contributed by atoms with Crippen LogP contribution in [0.4, 0.5) is 11.4 Å². The first-order valence-corrected chi connectivity index (χ1v) is 9.24. The van der Waals surface area contributed by atoms with Gasteiger partial charge in [0, 0.05) is 37.1 Å². The van der Waals surface area contributed by atoms with Crippen LogP contribution < -0.4 is 20.1 Å². The van der Waals surface area contributed by atoms with Crippen LogP contribution in [0.2, 0.25) is 0 Å². The predicted molar refractivity (Wildman–Crippen MR) is 113 cm³/mol. The third kappa shape index (κ3) is 4.87. The zero-order valence-electron chi connectivity index (χ0n) is 16.6. The van der Waals surface area contributed by atoms with Crippen molar-refractivity contribution in [1.82, 2.24) is 0 Å². The Bertz CT molecular complexity index is 890. The van der Waals surface area contributed by atoms with E-state index < -0.39 is 6.17 Å². The van der Waals surface area contributed by atoms with Crippen molar-refractivity contribution in [3.8, 4) is 23.8 Å². The monoisotopic (exact) mass is 395 g/mol. The number of nitrogens with zero attached hydrogens (tertiary/aromatic N) is 2. The molecule has 152 valence electrons. The third-order valence-corrected chi connectivity index (χ3v) is 4.45. The molecule has 7 heteroatoms. The molecule has 0 aromatic heterocycles. The lowest BCUT2D eigenvalue weighted by atomic mass is 10.1. The van der Waals surface area contributed by atoms with Crippen LogP contribution in [-0.2, 0) is 9.47 Å². The van der Waals surface area contributed by atoms with E-state index in [2.05, 4.69) is 10.9 Å². The largest absolute Gasteiger partial charge is 0.487 e. The molecule has 0 saturated carbocycles. The first-order chi connectivity index (χ1) is 14.2. The molecule has 0 spiro atoms. The van der Waals surface area contributed by atoms with Crippen LogP contribution >= 0.6 is 0 Å². The number of benzene rings is 2. The van der Waals surface area contributed by atoms with Crippen molar-refractivity contribution in [2.24, 2.45) is 10.7 Å². The Labute approximate surface area is 171 Å². The maximum Gasteiger partial charge on any atom is 0.163 e. The molecule has 0 radical (unpaired) electrons. The summed E-state index contributed by atoms with van der Waals surface area (Å²) < 4.78 is 21.8. The lowest BCUT2D eigenvalue weighted by Gasteiger charge is -2.31. The van der Waals surface area contributed by atoms with Gasteiger partial charge in [0.05, 0.1) is 25.2 Å². The maximum atomic E-state index is 6.54. The molecule has 1 atom stereocenters. The van der Waals surface area contributed by atoms with Gasteiger partial charge in [-0.05, 0) is 30.3 Å². The Morgan fingerprint density at radius 3 is 2.21 bits per heavy atom. The second-order valence-corrected chi connectivity index (χ2v) is 6.33. The van der Waals surface area contributed by atoms with Crippen molar-refractivity contribution in [2.75, 3.05) is 45.5 Å². The summed E-state index contributed by atoms with van der Waals surface area (Å²) in [4.78, 5) is 6.44. The molecule has 2 aromatic carbocycles. The molecule has 1 aliphatic heterocycles. The molecule has 2 aromatic rings. The molecule has 7 nitrogen and oxygen atoms in total. The van der Waals surface area contributed by atoms with E-state index in [1.165, 1.54) is 0 Å². The molecular weight excluding hydrogens is 370 g/mol. The van der Waals surface area contributed by atoms with Crippen molar-refractivity contribution in [3.63, 3.8) is 0 Å². The number of hydrogen-bond donors (Lipinski definition) is 1. The lowest BCUT2D eigenvalue weighted by molar-refractivity contribution is 0.132. The fourth-order valence-electron chi connectivity index (χ4n) is 2.91. The molecule has 0 bridgehead atoms. The Morgan fingerprint density at radius 1 is 1.00 bits per heavy atom. The van der Waals surface area contributed by atoms with E-state index in [9.17, 15) is 0 Å². The van der Waals surface area contributed by atoms with Crippen molar-refractivity contribution in [1.29, 1.82) is 0 Å². The SMILES string of the molecule is C#Cc1ccc(N2C=Nc3cc(OCCOC)c(OCCOC)cc3C2N)cc1. The van der Waals surface area contributed by atoms with Crippen LogP contribution in [0.5, 0.6) is 11.5 Å². The molecule has 1 heterocycles. The van der Waals surface area contributed by atoms with E-state index in [4.69, 9.17) is 31.1 Å². The first kappa shape index (κ1) is 20.7. The van der Waals surface area contributed by atoms with Gasteiger partial charge in [-0.3, -0.25) is 0 Å². The summed E-state index contributed by atoms with van der Waals surface area (Å²) >= 11 is 0. The highest BCUT2D eigenvalue weighted by Gasteiger charge is 2.25. The predicted octanol–water partition coefficient (Wildman–Crippen LogP) is 2.86. The van der Waals surface area contributed by atoms with Crippen LogP contribution in [0.15, 0.2) is 41.4 Å². The average molecular weight is 395 g/mol. The Kier molecular flexibility index (Phi) is 7.09. The van der Waals surface area contributed by atoms with Gasteiger partial charge in [-0.15, -0.1) is 6.42 Å². The van der Waals surface area contributed by atoms with Crippen molar-refractivity contribution in [2.45, 2.75) is 6.17 Å². The van der Waals surface area contributed by atoms with Crippen LogP contribution in [0.3, 0.4) is 0 Å². The van der Waals surface area contributed by atoms with Crippen molar-refractivity contribution in [3.05, 3.63) is 47.5 Å². The van der Waals surface area contributed by atoms with Crippen LogP contribution in [-0.4, -0.2) is 47.0 Å². The van der Waals surface area contributed by atoms with Gasteiger partial charge in [-0.2, -0.15) is 0 Å². The Hall–Kier alpha value is -3.05. The molecule has 3 rings (SSSR count). The van der Waals surface area contributed by atoms with Gasteiger partial charge in [0.25, 0.3) is 0 Å². The van der Waals surface area contributed by atoms with Crippen molar-refractivity contribution >= 4 is 17.7 Å². The molecule has 0 aliphatic carbocycles. The Morgan fingerprint density at radius 2 is 1.62 bits per heavy atom. The number of ether oxygens (including phenoxy) is 4. The molecule has 29 heavy (non-hydrogen) atoms. The number of nitrogens with two attached hydrogens (primary N) is 1. The zero-order chi connectivity index (χ0) is 20.6. The van der Waals surface area contributed by atoms with E-state index >= 15 is 0 Å². The molecule has 2 N–H and O–H groups in total. The normalized spacial score (nSPS) is 15.0. The quantitative estimate of drug-likeness (QED) is 0.520. The smallest absolute Gasteiger partial charge is 0.163 e. The van der Waals surface area contributed by atoms with E-state index in [-0.39, 0.29) is 0 Å². The Balaban J connectivity index is 1.89. The van der Waals surface area contributed by atoms with Crippen LogP contribution in [0, 0.1) is 12.3 Å².